The van der Waals surface area contributed by atoms with Gasteiger partial charge in [-0.25, -0.2) is 9.59 Å². The lowest BCUT2D eigenvalue weighted by molar-refractivity contribution is -0.385. The van der Waals surface area contributed by atoms with Crippen molar-refractivity contribution in [2.75, 3.05) is 27.4 Å². The Balaban J connectivity index is 2.17. The number of nitrogens with two attached hydrogens (primary N) is 1. The van der Waals surface area contributed by atoms with Crippen molar-refractivity contribution in [1.29, 1.82) is 0 Å². The molecule has 2 aromatic carbocycles. The molecule has 1 aliphatic heterocycles. The van der Waals surface area contributed by atoms with E-state index in [1.165, 1.54) is 20.3 Å². The smallest absolute Gasteiger partial charge is 0.336 e. The molecule has 3 N–H and O–H groups in total. The van der Waals surface area contributed by atoms with E-state index < -0.39 is 22.8 Å². The van der Waals surface area contributed by atoms with Crippen LogP contribution in [0.1, 0.15) is 31.7 Å². The number of hydrogen-bond donors (Lipinski definition) is 2. The normalized spacial score (nSPS) is 13.8. The molecule has 36 heavy (non-hydrogen) atoms. The highest BCUT2D eigenvalue weighted by Crippen LogP contribution is 2.43. The van der Waals surface area contributed by atoms with Crippen molar-refractivity contribution in [3.8, 4) is 16.9 Å². The van der Waals surface area contributed by atoms with Gasteiger partial charge in [0.25, 0.3) is 5.69 Å². The number of nitro benzene ring substituents is 1. The van der Waals surface area contributed by atoms with Gasteiger partial charge in [-0.15, -0.1) is 0 Å². The van der Waals surface area contributed by atoms with Crippen LogP contribution in [-0.4, -0.2) is 44.2 Å². The van der Waals surface area contributed by atoms with Crippen LogP contribution < -0.4 is 15.8 Å². The number of carbonyl (C=O) groups is 2. The Morgan fingerprint density at radius 1 is 1.00 bits per heavy atom. The van der Waals surface area contributed by atoms with Crippen molar-refractivity contribution in [3.05, 3.63) is 80.7 Å². The topological polar surface area (TPSA) is 143 Å². The number of carbonyl (C=O) groups excluding carboxylic acids is 2. The highest BCUT2D eigenvalue weighted by Gasteiger charge is 2.40. The van der Waals surface area contributed by atoms with Gasteiger partial charge < -0.3 is 25.3 Å². The third-order valence-corrected chi connectivity index (χ3v) is 5.89. The van der Waals surface area contributed by atoms with E-state index in [1.807, 2.05) is 6.07 Å². The predicted molar refractivity (Wildman–Crippen MR) is 133 cm³/mol. The molecule has 2 aromatic rings. The number of rotatable bonds is 9. The summed E-state index contributed by atoms with van der Waals surface area (Å²) in [5, 5.41) is 15.2. The third-order valence-electron chi connectivity index (χ3n) is 5.89. The molecule has 10 heteroatoms. The third kappa shape index (κ3) is 5.38. The molecule has 0 aromatic heterocycles. The van der Waals surface area contributed by atoms with E-state index >= 15 is 0 Å². The van der Waals surface area contributed by atoms with Crippen LogP contribution in [0.15, 0.2) is 65.0 Å². The average Bonchev–Trinajstić information content (AvgIpc) is 2.87. The molecule has 0 radical (unpaired) electrons. The highest BCUT2D eigenvalue weighted by molar-refractivity contribution is 6.00. The first kappa shape index (κ1) is 26.4. The Morgan fingerprint density at radius 2 is 1.61 bits per heavy atom. The molecule has 0 saturated carbocycles. The molecule has 190 valence electrons. The minimum absolute atomic E-state index is 0.0923. The fourth-order valence-corrected chi connectivity index (χ4v) is 4.23. The first-order chi connectivity index (χ1) is 17.2. The summed E-state index contributed by atoms with van der Waals surface area (Å²) in [5.41, 5.74) is 7.75. The molecule has 0 bridgehead atoms. The summed E-state index contributed by atoms with van der Waals surface area (Å²) in [4.78, 5) is 37.2. The van der Waals surface area contributed by atoms with Crippen LogP contribution in [0.4, 0.5) is 5.69 Å². The average molecular weight is 496 g/mol. The van der Waals surface area contributed by atoms with Crippen LogP contribution in [0.2, 0.25) is 0 Å². The lowest BCUT2D eigenvalue weighted by Crippen LogP contribution is -2.32. The number of hydrogen-bond acceptors (Lipinski definition) is 9. The minimum Gasteiger partial charge on any atom is -0.494 e. The first-order valence-electron chi connectivity index (χ1n) is 11.3. The van der Waals surface area contributed by atoms with Crippen LogP contribution in [0, 0.1) is 10.1 Å². The van der Waals surface area contributed by atoms with Crippen LogP contribution in [0.5, 0.6) is 5.75 Å². The van der Waals surface area contributed by atoms with Gasteiger partial charge in [0.1, 0.15) is 5.75 Å². The maximum atomic E-state index is 12.8. The van der Waals surface area contributed by atoms with Gasteiger partial charge in [-0.3, -0.25) is 10.1 Å². The lowest BCUT2D eigenvalue weighted by Gasteiger charge is -2.29. The van der Waals surface area contributed by atoms with Crippen LogP contribution in [0.3, 0.4) is 0 Å². The molecule has 0 aliphatic carbocycles. The van der Waals surface area contributed by atoms with E-state index in [9.17, 15) is 19.7 Å². The van der Waals surface area contributed by atoms with Gasteiger partial charge in [-0.2, -0.15) is 0 Å². The number of dihydropyridines is 1. The van der Waals surface area contributed by atoms with E-state index in [1.54, 1.807) is 44.2 Å². The Morgan fingerprint density at radius 3 is 2.17 bits per heavy atom. The number of ether oxygens (including phenoxy) is 3. The van der Waals surface area contributed by atoms with Crippen LogP contribution >= 0.6 is 0 Å². The summed E-state index contributed by atoms with van der Waals surface area (Å²) < 4.78 is 15.6. The van der Waals surface area contributed by atoms with Gasteiger partial charge in [-0.05, 0) is 50.1 Å². The van der Waals surface area contributed by atoms with Gasteiger partial charge in [0, 0.05) is 23.0 Å². The van der Waals surface area contributed by atoms with Gasteiger partial charge in [0.2, 0.25) is 0 Å². The Labute approximate surface area is 208 Å². The summed E-state index contributed by atoms with van der Waals surface area (Å²) in [6.07, 6.45) is 0.700. The Kier molecular flexibility index (Phi) is 8.44. The van der Waals surface area contributed by atoms with Gasteiger partial charge >= 0.3 is 11.9 Å². The summed E-state index contributed by atoms with van der Waals surface area (Å²) in [6, 6.07) is 11.9. The predicted octanol–water partition coefficient (Wildman–Crippen LogP) is 3.57. The zero-order chi connectivity index (χ0) is 26.4. The maximum Gasteiger partial charge on any atom is 0.336 e. The van der Waals surface area contributed by atoms with E-state index in [0.717, 1.165) is 0 Å². The fraction of sp³-hybridized carbons (Fsp3) is 0.308. The SMILES string of the molecule is COC(=O)C1=C(C)NC(C)=C(C(=O)OC)C1c1ccc(-c2cccc(OCCCN)c2)cc1[N+](=O)[O-]. The zero-order valence-electron chi connectivity index (χ0n) is 20.6. The largest absolute Gasteiger partial charge is 0.494 e. The fourth-order valence-electron chi connectivity index (χ4n) is 4.23. The number of nitrogens with one attached hydrogen (secondary N) is 1. The van der Waals surface area contributed by atoms with E-state index in [2.05, 4.69) is 5.32 Å². The number of nitro groups is 1. The number of methoxy groups -OCH3 is 2. The standard InChI is InChI=1S/C26H29N3O7/c1-15-22(25(30)34-3)24(23(16(2)28-15)26(31)35-4)20-10-9-18(14-21(20)29(32)33)17-7-5-8-19(13-17)36-12-6-11-27/h5,7-10,13-14,24,28H,6,11-12,27H2,1-4H3. The van der Waals surface area contributed by atoms with Gasteiger partial charge in [0.15, 0.2) is 0 Å². The quantitative estimate of drug-likeness (QED) is 0.231. The van der Waals surface area contributed by atoms with E-state index in [0.29, 0.717) is 47.8 Å². The van der Waals surface area contributed by atoms with E-state index in [-0.39, 0.29) is 22.4 Å². The second kappa shape index (κ2) is 11.5. The first-order valence-corrected chi connectivity index (χ1v) is 11.3. The maximum absolute atomic E-state index is 12.8. The van der Waals surface area contributed by atoms with Crippen LogP contribution in [-0.2, 0) is 19.1 Å². The molecular weight excluding hydrogens is 466 g/mol. The van der Waals surface area contributed by atoms with Crippen molar-refractivity contribution in [1.82, 2.24) is 5.32 Å². The molecule has 0 amide bonds. The molecule has 1 aliphatic rings. The molecule has 0 spiro atoms. The molecule has 3 rings (SSSR count). The molecule has 10 nitrogen and oxygen atoms in total. The van der Waals surface area contributed by atoms with Crippen molar-refractivity contribution in [3.63, 3.8) is 0 Å². The second-order valence-corrected chi connectivity index (χ2v) is 8.17. The number of allylic oxidation sites excluding steroid dienone is 2. The molecular formula is C26H29N3O7. The summed E-state index contributed by atoms with van der Waals surface area (Å²) in [7, 11) is 2.42. The highest BCUT2D eigenvalue weighted by atomic mass is 16.6. The molecule has 0 fully saturated rings. The van der Waals surface area contributed by atoms with Crippen molar-refractivity contribution in [2.45, 2.75) is 26.2 Å². The Bertz CT molecular complexity index is 1210. The van der Waals surface area contributed by atoms with Gasteiger partial charge in [0.05, 0.1) is 42.8 Å². The molecule has 0 saturated heterocycles. The van der Waals surface area contributed by atoms with Gasteiger partial charge in [-0.1, -0.05) is 24.3 Å². The summed E-state index contributed by atoms with van der Waals surface area (Å²) >= 11 is 0. The number of esters is 2. The van der Waals surface area contributed by atoms with Crippen LogP contribution in [0.25, 0.3) is 11.1 Å². The second-order valence-electron chi connectivity index (χ2n) is 8.17. The number of nitrogens with zero attached hydrogens (tertiary/aromatic N) is 1. The summed E-state index contributed by atoms with van der Waals surface area (Å²) in [6.45, 7) is 4.26. The van der Waals surface area contributed by atoms with Crippen molar-refractivity contribution >= 4 is 17.6 Å². The molecule has 0 unspecified atom stereocenters. The lowest BCUT2D eigenvalue weighted by atomic mass is 9.79. The van der Waals surface area contributed by atoms with Crippen molar-refractivity contribution in [2.24, 2.45) is 5.73 Å². The minimum atomic E-state index is -1.06. The zero-order valence-corrected chi connectivity index (χ0v) is 20.6. The van der Waals surface area contributed by atoms with Crippen molar-refractivity contribution < 1.29 is 28.7 Å². The summed E-state index contributed by atoms with van der Waals surface area (Å²) in [5.74, 6) is -1.87. The molecule has 0 atom stereocenters. The molecule has 1 heterocycles. The van der Waals surface area contributed by atoms with E-state index in [4.69, 9.17) is 19.9 Å². The monoisotopic (exact) mass is 495 g/mol. The Hall–Kier alpha value is -4.18. The number of benzene rings is 2.